The Morgan fingerprint density at radius 3 is 2.73 bits per heavy atom. The minimum atomic E-state index is -0.385. The number of pyridine rings is 1. The number of ether oxygens (including phenoxy) is 1. The lowest BCUT2D eigenvalue weighted by molar-refractivity contribution is 0.0594. The average Bonchev–Trinajstić information content (AvgIpc) is 2.28. The number of aromatic nitrogens is 1. The Bertz CT molecular complexity index is 358. The lowest BCUT2D eigenvalue weighted by atomic mass is 9.82. The van der Waals surface area contributed by atoms with E-state index in [9.17, 15) is 4.79 Å². The van der Waals surface area contributed by atoms with Crippen molar-refractivity contribution in [2.75, 3.05) is 7.11 Å². The van der Waals surface area contributed by atoms with Crippen molar-refractivity contribution in [3.63, 3.8) is 0 Å². The molecular formula is C12H17NO2. The molecule has 15 heavy (non-hydrogen) atoms. The molecule has 0 atom stereocenters. The van der Waals surface area contributed by atoms with E-state index in [0.717, 1.165) is 12.0 Å². The fourth-order valence-corrected chi connectivity index (χ4v) is 1.27. The molecule has 0 aliphatic carbocycles. The summed E-state index contributed by atoms with van der Waals surface area (Å²) in [7, 11) is 1.36. The topological polar surface area (TPSA) is 39.2 Å². The molecule has 0 fully saturated rings. The maximum Gasteiger partial charge on any atom is 0.356 e. The third kappa shape index (κ3) is 2.55. The lowest BCUT2D eigenvalue weighted by Crippen LogP contribution is -2.17. The molecule has 3 nitrogen and oxygen atoms in total. The van der Waals surface area contributed by atoms with Gasteiger partial charge in [0.25, 0.3) is 0 Å². The Balaban J connectivity index is 3.08. The Morgan fingerprint density at radius 2 is 2.20 bits per heavy atom. The largest absolute Gasteiger partial charge is 0.464 e. The van der Waals surface area contributed by atoms with Gasteiger partial charge in [0.05, 0.1) is 7.11 Å². The fourth-order valence-electron chi connectivity index (χ4n) is 1.27. The molecule has 0 saturated carbocycles. The summed E-state index contributed by atoms with van der Waals surface area (Å²) in [4.78, 5) is 15.3. The lowest BCUT2D eigenvalue weighted by Gasteiger charge is -2.23. The van der Waals surface area contributed by atoms with Gasteiger partial charge in [0.2, 0.25) is 0 Å². The molecule has 0 saturated heterocycles. The first-order valence-electron chi connectivity index (χ1n) is 5.06. The van der Waals surface area contributed by atoms with Crippen LogP contribution in [-0.2, 0) is 10.2 Å². The van der Waals surface area contributed by atoms with Gasteiger partial charge in [-0.15, -0.1) is 0 Å². The summed E-state index contributed by atoms with van der Waals surface area (Å²) in [5.74, 6) is -0.385. The van der Waals surface area contributed by atoms with Gasteiger partial charge in [-0.25, -0.2) is 9.78 Å². The Labute approximate surface area is 90.5 Å². The summed E-state index contributed by atoms with van der Waals surface area (Å²) in [5.41, 5.74) is 1.54. The zero-order valence-corrected chi connectivity index (χ0v) is 9.70. The molecule has 3 heteroatoms. The monoisotopic (exact) mass is 207 g/mol. The zero-order valence-electron chi connectivity index (χ0n) is 9.70. The van der Waals surface area contributed by atoms with Crippen molar-refractivity contribution < 1.29 is 9.53 Å². The van der Waals surface area contributed by atoms with Crippen LogP contribution in [-0.4, -0.2) is 18.1 Å². The normalized spacial score (nSPS) is 11.2. The number of esters is 1. The SMILES string of the molecule is CCC(C)(C)c1ccnc(C(=O)OC)c1. The number of hydrogen-bond acceptors (Lipinski definition) is 3. The Hall–Kier alpha value is -1.38. The van der Waals surface area contributed by atoms with Crippen LogP contribution in [0.5, 0.6) is 0 Å². The Morgan fingerprint density at radius 1 is 1.53 bits per heavy atom. The number of carbonyl (C=O) groups excluding carboxylic acids is 1. The number of rotatable bonds is 3. The van der Waals surface area contributed by atoms with E-state index < -0.39 is 0 Å². The van der Waals surface area contributed by atoms with Gasteiger partial charge in [0.15, 0.2) is 0 Å². The van der Waals surface area contributed by atoms with Crippen molar-refractivity contribution >= 4 is 5.97 Å². The highest BCUT2D eigenvalue weighted by atomic mass is 16.5. The number of carbonyl (C=O) groups is 1. The van der Waals surface area contributed by atoms with Crippen LogP contribution in [0.2, 0.25) is 0 Å². The molecule has 0 bridgehead atoms. The summed E-state index contributed by atoms with van der Waals surface area (Å²) in [6, 6.07) is 3.74. The molecule has 82 valence electrons. The van der Waals surface area contributed by atoms with E-state index in [1.54, 1.807) is 12.3 Å². The highest BCUT2D eigenvalue weighted by Crippen LogP contribution is 2.26. The van der Waals surface area contributed by atoms with Crippen LogP contribution >= 0.6 is 0 Å². The minimum Gasteiger partial charge on any atom is -0.464 e. The van der Waals surface area contributed by atoms with Crippen LogP contribution in [0.3, 0.4) is 0 Å². The van der Waals surface area contributed by atoms with Crippen LogP contribution in [0.25, 0.3) is 0 Å². The summed E-state index contributed by atoms with van der Waals surface area (Å²) in [6.07, 6.45) is 2.66. The average molecular weight is 207 g/mol. The van der Waals surface area contributed by atoms with E-state index in [4.69, 9.17) is 0 Å². The van der Waals surface area contributed by atoms with Gasteiger partial charge in [0.1, 0.15) is 5.69 Å². The fraction of sp³-hybridized carbons (Fsp3) is 0.500. The molecule has 0 aromatic carbocycles. The predicted molar refractivity (Wildman–Crippen MR) is 58.9 cm³/mol. The highest BCUT2D eigenvalue weighted by Gasteiger charge is 2.19. The number of methoxy groups -OCH3 is 1. The molecule has 0 aliphatic heterocycles. The van der Waals surface area contributed by atoms with Crippen molar-refractivity contribution in [3.8, 4) is 0 Å². The smallest absolute Gasteiger partial charge is 0.356 e. The van der Waals surface area contributed by atoms with Gasteiger partial charge in [-0.2, -0.15) is 0 Å². The van der Waals surface area contributed by atoms with Crippen LogP contribution in [0, 0.1) is 0 Å². The molecule has 0 amide bonds. The quantitative estimate of drug-likeness (QED) is 0.715. The van der Waals surface area contributed by atoms with E-state index >= 15 is 0 Å². The van der Waals surface area contributed by atoms with Gasteiger partial charge >= 0.3 is 5.97 Å². The molecule has 0 spiro atoms. The van der Waals surface area contributed by atoms with Crippen LogP contribution in [0.15, 0.2) is 18.3 Å². The number of hydrogen-bond donors (Lipinski definition) is 0. The molecular weight excluding hydrogens is 190 g/mol. The second-order valence-corrected chi connectivity index (χ2v) is 4.16. The third-order valence-corrected chi connectivity index (χ3v) is 2.82. The van der Waals surface area contributed by atoms with Crippen molar-refractivity contribution in [1.82, 2.24) is 4.98 Å². The Kier molecular flexibility index (Phi) is 3.45. The summed E-state index contributed by atoms with van der Waals surface area (Å²) in [6.45, 7) is 6.41. The van der Waals surface area contributed by atoms with E-state index in [1.165, 1.54) is 7.11 Å². The van der Waals surface area contributed by atoms with Crippen LogP contribution in [0.1, 0.15) is 43.2 Å². The molecule has 1 aromatic rings. The van der Waals surface area contributed by atoms with E-state index in [1.807, 2.05) is 6.07 Å². The second-order valence-electron chi connectivity index (χ2n) is 4.16. The minimum absolute atomic E-state index is 0.0612. The number of nitrogens with zero attached hydrogens (tertiary/aromatic N) is 1. The van der Waals surface area contributed by atoms with Gasteiger partial charge in [-0.3, -0.25) is 0 Å². The van der Waals surface area contributed by atoms with Crippen molar-refractivity contribution in [3.05, 3.63) is 29.6 Å². The first-order valence-corrected chi connectivity index (χ1v) is 5.06. The van der Waals surface area contributed by atoms with Crippen molar-refractivity contribution in [2.24, 2.45) is 0 Å². The van der Waals surface area contributed by atoms with Crippen LogP contribution < -0.4 is 0 Å². The molecule has 1 aromatic heterocycles. The summed E-state index contributed by atoms with van der Waals surface area (Å²) in [5, 5.41) is 0. The maximum atomic E-state index is 11.3. The molecule has 0 radical (unpaired) electrons. The summed E-state index contributed by atoms with van der Waals surface area (Å²) < 4.78 is 4.64. The maximum absolute atomic E-state index is 11.3. The first kappa shape index (κ1) is 11.7. The summed E-state index contributed by atoms with van der Waals surface area (Å²) >= 11 is 0. The predicted octanol–water partition coefficient (Wildman–Crippen LogP) is 2.56. The molecule has 0 aliphatic rings. The molecule has 1 rings (SSSR count). The van der Waals surface area contributed by atoms with Crippen LogP contribution in [0.4, 0.5) is 0 Å². The van der Waals surface area contributed by atoms with E-state index in [2.05, 4.69) is 30.5 Å². The first-order chi connectivity index (χ1) is 7.01. The zero-order chi connectivity index (χ0) is 11.5. The molecule has 1 heterocycles. The van der Waals surface area contributed by atoms with Gasteiger partial charge in [0, 0.05) is 6.20 Å². The second kappa shape index (κ2) is 4.43. The van der Waals surface area contributed by atoms with Crippen molar-refractivity contribution in [2.45, 2.75) is 32.6 Å². The third-order valence-electron chi connectivity index (χ3n) is 2.82. The molecule has 0 unspecified atom stereocenters. The van der Waals surface area contributed by atoms with E-state index in [0.29, 0.717) is 5.69 Å². The van der Waals surface area contributed by atoms with Crippen molar-refractivity contribution in [1.29, 1.82) is 0 Å². The standard InChI is InChI=1S/C12H17NO2/c1-5-12(2,3)9-6-7-13-10(8-9)11(14)15-4/h6-8H,5H2,1-4H3. The van der Waals surface area contributed by atoms with Gasteiger partial charge in [-0.1, -0.05) is 20.8 Å². The highest BCUT2D eigenvalue weighted by molar-refractivity contribution is 5.87. The van der Waals surface area contributed by atoms with Gasteiger partial charge < -0.3 is 4.74 Å². The van der Waals surface area contributed by atoms with Gasteiger partial charge in [-0.05, 0) is 29.5 Å². The van der Waals surface area contributed by atoms with E-state index in [-0.39, 0.29) is 11.4 Å². The molecule has 0 N–H and O–H groups in total.